The molecule has 0 aliphatic carbocycles. The SMILES string of the molecule is COc1cc(OC[C@@H]2CCCN2C(=O)CN2CCN(C)CC2)c2c(Nc3ccc(F)c(Cl)c3)ncnc2c1. The Balaban J connectivity index is 1.35. The zero-order chi connectivity index (χ0) is 26.6. The molecular formula is C27H32ClFN6O3. The lowest BCUT2D eigenvalue weighted by atomic mass is 10.2. The van der Waals surface area contributed by atoms with Gasteiger partial charge in [-0.3, -0.25) is 9.69 Å². The molecule has 202 valence electrons. The number of carbonyl (C=O) groups excluding carboxylic acids is 1. The third-order valence-corrected chi connectivity index (χ3v) is 7.47. The average Bonchev–Trinajstić information content (AvgIpc) is 3.39. The van der Waals surface area contributed by atoms with Gasteiger partial charge in [-0.15, -0.1) is 0 Å². The molecule has 0 bridgehead atoms. The highest BCUT2D eigenvalue weighted by Crippen LogP contribution is 2.36. The number of hydrogen-bond donors (Lipinski definition) is 1. The highest BCUT2D eigenvalue weighted by Gasteiger charge is 2.31. The predicted octanol–water partition coefficient (Wildman–Crippen LogP) is 3.79. The first-order valence-electron chi connectivity index (χ1n) is 12.8. The Kier molecular flexibility index (Phi) is 8.11. The number of likely N-dealkylation sites (N-methyl/N-ethyl adjacent to an activating group) is 1. The second kappa shape index (κ2) is 11.7. The summed E-state index contributed by atoms with van der Waals surface area (Å²) < 4.78 is 25.5. The van der Waals surface area contributed by atoms with Gasteiger partial charge >= 0.3 is 0 Å². The van der Waals surface area contributed by atoms with Gasteiger partial charge < -0.3 is 24.6 Å². The Hall–Kier alpha value is -3.21. The molecule has 2 aliphatic heterocycles. The maximum absolute atomic E-state index is 13.7. The van der Waals surface area contributed by atoms with E-state index < -0.39 is 5.82 Å². The van der Waals surface area contributed by atoms with Gasteiger partial charge in [0.1, 0.15) is 36.1 Å². The van der Waals surface area contributed by atoms with E-state index in [0.717, 1.165) is 45.6 Å². The highest BCUT2D eigenvalue weighted by molar-refractivity contribution is 6.31. The standard InChI is InChI=1S/C27H32ClFN6O3/c1-33-8-10-34(11-9-33)15-25(36)35-7-3-4-19(35)16-38-24-14-20(37-2)13-23-26(24)27(31-17-30-23)32-18-5-6-22(29)21(28)12-18/h5-6,12-14,17,19H,3-4,7-11,15-16H2,1-2H3,(H,30,31,32)/t19-/m0/s1. The molecular weight excluding hydrogens is 511 g/mol. The maximum atomic E-state index is 13.7. The van der Waals surface area contributed by atoms with E-state index in [1.807, 2.05) is 4.90 Å². The molecule has 0 unspecified atom stereocenters. The summed E-state index contributed by atoms with van der Waals surface area (Å²) >= 11 is 5.97. The topological polar surface area (TPSA) is 83.1 Å². The van der Waals surface area contributed by atoms with Crippen LogP contribution >= 0.6 is 11.6 Å². The number of anilines is 2. The summed E-state index contributed by atoms with van der Waals surface area (Å²) in [5.74, 6) is 1.27. The summed E-state index contributed by atoms with van der Waals surface area (Å²) in [5.41, 5.74) is 1.20. The van der Waals surface area contributed by atoms with Gasteiger partial charge in [0, 0.05) is 50.5 Å². The van der Waals surface area contributed by atoms with E-state index >= 15 is 0 Å². The highest BCUT2D eigenvalue weighted by atomic mass is 35.5. The van der Waals surface area contributed by atoms with Crippen LogP contribution in [0.5, 0.6) is 11.5 Å². The van der Waals surface area contributed by atoms with Crippen molar-refractivity contribution in [3.05, 3.63) is 47.5 Å². The van der Waals surface area contributed by atoms with Crippen molar-refractivity contribution in [2.45, 2.75) is 18.9 Å². The minimum atomic E-state index is -0.498. The van der Waals surface area contributed by atoms with Crippen molar-refractivity contribution in [3.8, 4) is 11.5 Å². The molecule has 3 heterocycles. The number of hydrogen-bond acceptors (Lipinski definition) is 8. The summed E-state index contributed by atoms with van der Waals surface area (Å²) in [6.45, 7) is 5.28. The summed E-state index contributed by atoms with van der Waals surface area (Å²) in [5, 5.41) is 3.86. The lowest BCUT2D eigenvalue weighted by molar-refractivity contribution is -0.134. The van der Waals surface area contributed by atoms with Crippen LogP contribution in [0.25, 0.3) is 10.9 Å². The number of likely N-dealkylation sites (tertiary alicyclic amines) is 1. The number of halogens is 2. The Morgan fingerprint density at radius 3 is 2.74 bits per heavy atom. The van der Waals surface area contributed by atoms with Gasteiger partial charge in [-0.25, -0.2) is 14.4 Å². The van der Waals surface area contributed by atoms with Gasteiger partial charge in [0.25, 0.3) is 0 Å². The number of methoxy groups -OCH3 is 1. The fourth-order valence-corrected chi connectivity index (χ4v) is 5.16. The van der Waals surface area contributed by atoms with E-state index in [1.54, 1.807) is 25.3 Å². The maximum Gasteiger partial charge on any atom is 0.237 e. The molecule has 1 N–H and O–H groups in total. The number of nitrogens with zero attached hydrogens (tertiary/aromatic N) is 5. The Morgan fingerprint density at radius 2 is 1.97 bits per heavy atom. The molecule has 9 nitrogen and oxygen atoms in total. The average molecular weight is 543 g/mol. The number of carbonyl (C=O) groups is 1. The Labute approximate surface area is 226 Å². The smallest absolute Gasteiger partial charge is 0.237 e. The number of ether oxygens (including phenoxy) is 2. The molecule has 3 aromatic rings. The minimum absolute atomic E-state index is 0.00840. The van der Waals surface area contributed by atoms with Crippen LogP contribution in [-0.4, -0.2) is 96.6 Å². The summed E-state index contributed by atoms with van der Waals surface area (Å²) in [4.78, 5) is 28.4. The van der Waals surface area contributed by atoms with Gasteiger partial charge in [-0.2, -0.15) is 0 Å². The first-order valence-corrected chi connectivity index (χ1v) is 13.2. The molecule has 1 amide bonds. The van der Waals surface area contributed by atoms with Crippen LogP contribution in [0.4, 0.5) is 15.9 Å². The van der Waals surface area contributed by atoms with E-state index in [-0.39, 0.29) is 17.0 Å². The summed E-state index contributed by atoms with van der Waals surface area (Å²) in [6.07, 6.45) is 3.27. The molecule has 38 heavy (non-hydrogen) atoms. The third kappa shape index (κ3) is 5.92. The van der Waals surface area contributed by atoms with E-state index in [0.29, 0.717) is 47.1 Å². The van der Waals surface area contributed by atoms with Gasteiger partial charge in [0.05, 0.1) is 35.6 Å². The molecule has 5 rings (SSSR count). The Morgan fingerprint density at radius 1 is 1.16 bits per heavy atom. The molecule has 2 saturated heterocycles. The van der Waals surface area contributed by atoms with E-state index in [2.05, 4.69) is 32.1 Å². The van der Waals surface area contributed by atoms with Crippen molar-refractivity contribution >= 4 is 39.9 Å². The van der Waals surface area contributed by atoms with Crippen molar-refractivity contribution in [1.82, 2.24) is 24.7 Å². The number of nitrogens with one attached hydrogen (secondary N) is 1. The van der Waals surface area contributed by atoms with Crippen molar-refractivity contribution in [2.75, 3.05) is 65.3 Å². The summed E-state index contributed by atoms with van der Waals surface area (Å²) in [6, 6.07) is 7.95. The van der Waals surface area contributed by atoms with Gasteiger partial charge in [-0.05, 0) is 38.1 Å². The van der Waals surface area contributed by atoms with Crippen molar-refractivity contribution < 1.29 is 18.7 Å². The minimum Gasteiger partial charge on any atom is -0.497 e. The van der Waals surface area contributed by atoms with Crippen LogP contribution in [0.1, 0.15) is 12.8 Å². The quantitative estimate of drug-likeness (QED) is 0.460. The number of amides is 1. The second-order valence-corrected chi connectivity index (χ2v) is 10.2. The molecule has 0 spiro atoms. The van der Waals surface area contributed by atoms with Crippen LogP contribution in [0.2, 0.25) is 5.02 Å². The lowest BCUT2D eigenvalue weighted by Gasteiger charge is -2.34. The molecule has 0 saturated carbocycles. The van der Waals surface area contributed by atoms with E-state index in [4.69, 9.17) is 21.1 Å². The fourth-order valence-electron chi connectivity index (χ4n) is 4.98. The zero-order valence-electron chi connectivity index (χ0n) is 21.6. The van der Waals surface area contributed by atoms with Crippen LogP contribution in [-0.2, 0) is 4.79 Å². The zero-order valence-corrected chi connectivity index (χ0v) is 22.4. The monoisotopic (exact) mass is 542 g/mol. The van der Waals surface area contributed by atoms with Crippen molar-refractivity contribution in [1.29, 1.82) is 0 Å². The van der Waals surface area contributed by atoms with Crippen LogP contribution < -0.4 is 14.8 Å². The van der Waals surface area contributed by atoms with Crippen molar-refractivity contribution in [3.63, 3.8) is 0 Å². The molecule has 2 aromatic carbocycles. The van der Waals surface area contributed by atoms with E-state index in [9.17, 15) is 9.18 Å². The number of rotatable bonds is 8. The first-order chi connectivity index (χ1) is 18.4. The van der Waals surface area contributed by atoms with Crippen LogP contribution in [0.15, 0.2) is 36.7 Å². The van der Waals surface area contributed by atoms with E-state index in [1.165, 1.54) is 18.5 Å². The second-order valence-electron chi connectivity index (χ2n) is 9.77. The van der Waals surface area contributed by atoms with Crippen LogP contribution in [0, 0.1) is 5.82 Å². The Bertz CT molecular complexity index is 1300. The molecule has 1 atom stereocenters. The van der Waals surface area contributed by atoms with Gasteiger partial charge in [0.15, 0.2) is 0 Å². The first kappa shape index (κ1) is 26.4. The fraction of sp³-hybridized carbons (Fsp3) is 0.444. The largest absolute Gasteiger partial charge is 0.497 e. The predicted molar refractivity (Wildman–Crippen MR) is 145 cm³/mol. The number of piperazine rings is 1. The number of fused-ring (bicyclic) bond motifs is 1. The molecule has 2 aliphatic rings. The normalized spacial score (nSPS) is 18.6. The molecule has 11 heteroatoms. The molecule has 1 aromatic heterocycles. The third-order valence-electron chi connectivity index (χ3n) is 7.18. The van der Waals surface area contributed by atoms with Crippen LogP contribution in [0.3, 0.4) is 0 Å². The molecule has 2 fully saturated rings. The summed E-state index contributed by atoms with van der Waals surface area (Å²) in [7, 11) is 3.69. The number of aromatic nitrogens is 2. The van der Waals surface area contributed by atoms with Gasteiger partial charge in [0.2, 0.25) is 5.91 Å². The van der Waals surface area contributed by atoms with Crippen molar-refractivity contribution in [2.24, 2.45) is 0 Å². The van der Waals surface area contributed by atoms with Gasteiger partial charge in [-0.1, -0.05) is 11.6 Å². The lowest BCUT2D eigenvalue weighted by Crippen LogP contribution is -2.50. The molecule has 0 radical (unpaired) electrons. The number of benzene rings is 2.